The van der Waals surface area contributed by atoms with Crippen molar-refractivity contribution in [1.29, 1.82) is 0 Å². The van der Waals surface area contributed by atoms with Gasteiger partial charge in [0.15, 0.2) is 19.3 Å². The average Bonchev–Trinajstić information content (AvgIpc) is 3.02. The molecule has 25 heavy (non-hydrogen) atoms. The van der Waals surface area contributed by atoms with Gasteiger partial charge in [0.25, 0.3) is 6.33 Å². The van der Waals surface area contributed by atoms with E-state index in [2.05, 4.69) is 0 Å². The van der Waals surface area contributed by atoms with Crippen molar-refractivity contribution in [2.45, 2.75) is 13.2 Å². The van der Waals surface area contributed by atoms with Crippen molar-refractivity contribution in [2.75, 3.05) is 0 Å². The zero-order valence-corrected chi connectivity index (χ0v) is 15.3. The van der Waals surface area contributed by atoms with Crippen LogP contribution in [0.2, 0.25) is 15.1 Å². The molecule has 1 heterocycles. The van der Waals surface area contributed by atoms with E-state index in [1.54, 1.807) is 59.7 Å². The Morgan fingerprint density at radius 1 is 1.04 bits per heavy atom. The van der Waals surface area contributed by atoms with Gasteiger partial charge in [0.2, 0.25) is 5.78 Å². The maximum atomic E-state index is 12.2. The Balaban J connectivity index is 1.60. The predicted molar refractivity (Wildman–Crippen MR) is 97.2 cm³/mol. The minimum Gasteiger partial charge on any atom is -0.331 e. The van der Waals surface area contributed by atoms with Crippen LogP contribution in [0, 0.1) is 0 Å². The zero-order chi connectivity index (χ0) is 17.8. The molecule has 3 rings (SSSR count). The van der Waals surface area contributed by atoms with Gasteiger partial charge in [-0.3, -0.25) is 4.79 Å². The van der Waals surface area contributed by atoms with Crippen LogP contribution in [0.5, 0.6) is 0 Å². The van der Waals surface area contributed by atoms with Crippen molar-refractivity contribution in [1.82, 2.24) is 4.57 Å². The lowest BCUT2D eigenvalue weighted by Gasteiger charge is -2.03. The minimum absolute atomic E-state index is 0.0137. The lowest BCUT2D eigenvalue weighted by Crippen LogP contribution is -2.40. The van der Waals surface area contributed by atoms with Crippen LogP contribution >= 0.6 is 34.8 Å². The third kappa shape index (κ3) is 4.75. The first-order valence-corrected chi connectivity index (χ1v) is 8.58. The van der Waals surface area contributed by atoms with E-state index < -0.39 is 0 Å². The third-order valence-electron chi connectivity index (χ3n) is 3.54. The van der Waals surface area contributed by atoms with E-state index in [0.717, 1.165) is 5.56 Å². The highest BCUT2D eigenvalue weighted by atomic mass is 35.5. The van der Waals surface area contributed by atoms with E-state index in [1.807, 2.05) is 6.07 Å². The smallest absolute Gasteiger partial charge is 0.284 e. The van der Waals surface area contributed by atoms with Crippen molar-refractivity contribution in [3.05, 3.63) is 87.4 Å². The summed E-state index contributed by atoms with van der Waals surface area (Å²) in [6.45, 7) is 0.496. The Bertz CT molecular complexity index is 892. The Morgan fingerprint density at radius 2 is 1.76 bits per heavy atom. The van der Waals surface area contributed by atoms with Gasteiger partial charge in [0.1, 0.15) is 6.20 Å². The number of aromatic nitrogens is 2. The van der Waals surface area contributed by atoms with Crippen molar-refractivity contribution in [2.24, 2.45) is 0 Å². The van der Waals surface area contributed by atoms with E-state index in [4.69, 9.17) is 39.6 Å². The van der Waals surface area contributed by atoms with Crippen molar-refractivity contribution in [3.63, 3.8) is 0 Å². The summed E-state index contributed by atoms with van der Waals surface area (Å²) < 4.78 is 3.26. The summed E-state index contributed by atoms with van der Waals surface area (Å²) in [4.78, 5) is 17.9. The van der Waals surface area contributed by atoms with E-state index in [0.29, 0.717) is 20.6 Å². The molecule has 0 radical (unpaired) electrons. The van der Waals surface area contributed by atoms with Crippen LogP contribution in [0.3, 0.4) is 0 Å². The van der Waals surface area contributed by atoms with Crippen LogP contribution in [0.15, 0.2) is 61.2 Å². The molecule has 0 aliphatic rings. The van der Waals surface area contributed by atoms with Crippen LogP contribution in [0.25, 0.3) is 0 Å². The highest BCUT2D eigenvalue weighted by Gasteiger charge is 2.12. The topological polar surface area (TPSA) is 35.1 Å². The molecule has 0 aliphatic carbocycles. The van der Waals surface area contributed by atoms with Gasteiger partial charge in [-0.2, -0.15) is 0 Å². The number of Topliss-reactive ketones (excluding diaryl/α,β-unsaturated/α-hetero) is 1. The molecule has 2 aromatic carbocycles. The molecule has 0 spiro atoms. The molecule has 0 aliphatic heterocycles. The number of nitrogens with zero attached hydrogens (tertiary/aromatic N) is 2. The fourth-order valence-electron chi connectivity index (χ4n) is 2.22. The molecule has 0 atom stereocenters. The first-order chi connectivity index (χ1) is 12.0. The highest BCUT2D eigenvalue weighted by Crippen LogP contribution is 2.20. The average molecular weight is 397 g/mol. The zero-order valence-electron chi connectivity index (χ0n) is 13.0. The largest absolute Gasteiger partial charge is 0.331 e. The number of benzene rings is 2. The molecule has 128 valence electrons. The normalized spacial score (nSPS) is 10.7. The minimum atomic E-state index is -0.0137. The van der Waals surface area contributed by atoms with Crippen LogP contribution in [-0.2, 0) is 13.2 Å². The molecule has 1 aromatic heterocycles. The highest BCUT2D eigenvalue weighted by molar-refractivity contribution is 6.35. The van der Waals surface area contributed by atoms with Crippen molar-refractivity contribution >= 4 is 40.6 Å². The van der Waals surface area contributed by atoms with Crippen LogP contribution < -0.4 is 9.57 Å². The Kier molecular flexibility index (Phi) is 5.63. The SMILES string of the molecule is O=C(Cn1cc[n+](OCc2ccc(Cl)cc2Cl)c1)c1ccc(Cl)cc1. The lowest BCUT2D eigenvalue weighted by atomic mass is 10.1. The number of rotatable bonds is 6. The maximum absolute atomic E-state index is 12.2. The van der Waals surface area contributed by atoms with Gasteiger partial charge in [-0.05, 0) is 36.4 Å². The quantitative estimate of drug-likeness (QED) is 0.461. The monoisotopic (exact) mass is 395 g/mol. The van der Waals surface area contributed by atoms with Gasteiger partial charge in [-0.15, -0.1) is 0 Å². The summed E-state index contributed by atoms with van der Waals surface area (Å²) >= 11 is 17.8. The van der Waals surface area contributed by atoms with Gasteiger partial charge in [0, 0.05) is 26.2 Å². The van der Waals surface area contributed by atoms with Crippen LogP contribution in [-0.4, -0.2) is 10.4 Å². The summed E-state index contributed by atoms with van der Waals surface area (Å²) in [5, 5.41) is 1.73. The molecule has 0 saturated carbocycles. The molecule has 4 nitrogen and oxygen atoms in total. The van der Waals surface area contributed by atoms with E-state index in [9.17, 15) is 4.79 Å². The van der Waals surface area contributed by atoms with Gasteiger partial charge in [0.05, 0.1) is 0 Å². The molecule has 0 fully saturated rings. The van der Waals surface area contributed by atoms with Gasteiger partial charge in [-0.1, -0.05) is 45.6 Å². The summed E-state index contributed by atoms with van der Waals surface area (Å²) in [6.07, 6.45) is 5.17. The summed E-state index contributed by atoms with van der Waals surface area (Å²) in [6, 6.07) is 12.1. The van der Waals surface area contributed by atoms with Crippen LogP contribution in [0.1, 0.15) is 15.9 Å². The Morgan fingerprint density at radius 3 is 2.48 bits per heavy atom. The number of carbonyl (C=O) groups is 1. The second-order valence-corrected chi connectivity index (χ2v) is 6.67. The molecule has 0 bridgehead atoms. The molecule has 3 aromatic rings. The third-order valence-corrected chi connectivity index (χ3v) is 4.38. The van der Waals surface area contributed by atoms with Gasteiger partial charge < -0.3 is 4.84 Å². The molecular weight excluding hydrogens is 383 g/mol. The molecule has 0 unspecified atom stereocenters. The molecule has 0 saturated heterocycles. The van der Waals surface area contributed by atoms with Crippen LogP contribution in [0.4, 0.5) is 0 Å². The first kappa shape index (κ1) is 17.8. The number of ketones is 1. The molecule has 7 heteroatoms. The van der Waals surface area contributed by atoms with Crippen molar-refractivity contribution in [3.8, 4) is 0 Å². The Hall–Kier alpha value is -2.01. The van der Waals surface area contributed by atoms with E-state index in [1.165, 1.54) is 4.73 Å². The number of halogens is 3. The first-order valence-electron chi connectivity index (χ1n) is 7.44. The Labute approximate surface area is 160 Å². The van der Waals surface area contributed by atoms with Gasteiger partial charge in [-0.25, -0.2) is 4.57 Å². The fourth-order valence-corrected chi connectivity index (χ4v) is 2.81. The fraction of sp³-hybridized carbons (Fsp3) is 0.111. The molecule has 0 N–H and O–H groups in total. The molecule has 0 amide bonds. The number of hydrogen-bond donors (Lipinski definition) is 0. The standard InChI is InChI=1S/C18H14Cl3N2O2/c19-15-4-1-13(2-5-15)18(24)10-22-7-8-23(12-22)25-11-14-3-6-16(20)9-17(14)21/h1-9,12H,10-11H2/q+1. The summed E-state index contributed by atoms with van der Waals surface area (Å²) in [5.74, 6) is -0.0137. The second kappa shape index (κ2) is 7.91. The maximum Gasteiger partial charge on any atom is 0.284 e. The number of imidazole rings is 1. The number of carbonyl (C=O) groups excluding carboxylic acids is 1. The predicted octanol–water partition coefficient (Wildman–Crippen LogP) is 4.25. The summed E-state index contributed by atoms with van der Waals surface area (Å²) in [7, 11) is 0. The van der Waals surface area contributed by atoms with E-state index in [-0.39, 0.29) is 18.9 Å². The van der Waals surface area contributed by atoms with Crippen molar-refractivity contribution < 1.29 is 14.4 Å². The number of hydrogen-bond acceptors (Lipinski definition) is 2. The van der Waals surface area contributed by atoms with E-state index >= 15 is 0 Å². The van der Waals surface area contributed by atoms with Gasteiger partial charge >= 0.3 is 0 Å². The summed E-state index contributed by atoms with van der Waals surface area (Å²) in [5.41, 5.74) is 1.43. The molecular formula is C18H14Cl3N2O2+. The second-order valence-electron chi connectivity index (χ2n) is 5.39. The lowest BCUT2D eigenvalue weighted by molar-refractivity contribution is -0.895.